The molecule has 0 heterocycles. The van der Waals surface area contributed by atoms with E-state index in [0.29, 0.717) is 0 Å². The zero-order chi connectivity index (χ0) is 15.2. The van der Waals surface area contributed by atoms with E-state index in [0.717, 1.165) is 24.2 Å². The van der Waals surface area contributed by atoms with Gasteiger partial charge in [-0.15, -0.1) is 0 Å². The second kappa shape index (κ2) is 7.11. The predicted octanol–water partition coefficient (Wildman–Crippen LogP) is 1.97. The molecule has 0 unspecified atom stereocenters. The Morgan fingerprint density at radius 1 is 1.38 bits per heavy atom. The lowest BCUT2D eigenvalue weighted by Crippen LogP contribution is -2.37. The van der Waals surface area contributed by atoms with Crippen LogP contribution in [0.25, 0.3) is 0 Å². The van der Waals surface area contributed by atoms with Crippen LogP contribution in [0.1, 0.15) is 31.7 Å². The fraction of sp³-hybridized carbons (Fsp3) is 0.500. The Kier molecular flexibility index (Phi) is 5.20. The van der Waals surface area contributed by atoms with E-state index in [1.54, 1.807) is 6.92 Å². The number of amides is 1. The van der Waals surface area contributed by atoms with Gasteiger partial charge in [0.15, 0.2) is 6.10 Å². The number of carbonyl (C=O) groups is 2. The van der Waals surface area contributed by atoms with Crippen LogP contribution in [0, 0.1) is 6.92 Å². The molecule has 2 rings (SSSR count). The van der Waals surface area contributed by atoms with Crippen LogP contribution in [-0.2, 0) is 14.3 Å². The SMILES string of the molecule is Cc1cccc(OCCC(=O)O[C@@H](C)C(=O)NC2CC2)c1. The number of rotatable bonds is 7. The van der Waals surface area contributed by atoms with E-state index in [4.69, 9.17) is 9.47 Å². The van der Waals surface area contributed by atoms with Gasteiger partial charge in [-0.05, 0) is 44.4 Å². The largest absolute Gasteiger partial charge is 0.493 e. The Morgan fingerprint density at radius 3 is 2.81 bits per heavy atom. The van der Waals surface area contributed by atoms with E-state index in [9.17, 15) is 9.59 Å². The van der Waals surface area contributed by atoms with Gasteiger partial charge in [-0.2, -0.15) is 0 Å². The van der Waals surface area contributed by atoms with Crippen LogP contribution in [0.2, 0.25) is 0 Å². The van der Waals surface area contributed by atoms with Crippen LogP contribution in [0.5, 0.6) is 5.75 Å². The van der Waals surface area contributed by atoms with Gasteiger partial charge in [-0.25, -0.2) is 0 Å². The Labute approximate surface area is 124 Å². The van der Waals surface area contributed by atoms with Crippen molar-refractivity contribution in [3.63, 3.8) is 0 Å². The summed E-state index contributed by atoms with van der Waals surface area (Å²) in [5, 5.41) is 2.80. The summed E-state index contributed by atoms with van der Waals surface area (Å²) in [6.07, 6.45) is 1.39. The smallest absolute Gasteiger partial charge is 0.310 e. The molecule has 1 aromatic carbocycles. The Balaban J connectivity index is 1.65. The molecule has 1 aliphatic carbocycles. The Hall–Kier alpha value is -2.04. The van der Waals surface area contributed by atoms with E-state index in [2.05, 4.69) is 5.32 Å². The number of esters is 1. The van der Waals surface area contributed by atoms with Crippen molar-refractivity contribution in [1.29, 1.82) is 0 Å². The number of ether oxygens (including phenoxy) is 2. The summed E-state index contributed by atoms with van der Waals surface area (Å²) in [4.78, 5) is 23.3. The van der Waals surface area contributed by atoms with Crippen molar-refractivity contribution in [3.8, 4) is 5.75 Å². The van der Waals surface area contributed by atoms with Crippen LogP contribution >= 0.6 is 0 Å². The van der Waals surface area contributed by atoms with Gasteiger partial charge in [0.25, 0.3) is 5.91 Å². The van der Waals surface area contributed by atoms with Gasteiger partial charge in [0.05, 0.1) is 13.0 Å². The van der Waals surface area contributed by atoms with Crippen LogP contribution in [0.3, 0.4) is 0 Å². The molecule has 1 fully saturated rings. The summed E-state index contributed by atoms with van der Waals surface area (Å²) in [7, 11) is 0. The first-order valence-electron chi connectivity index (χ1n) is 7.24. The first-order valence-corrected chi connectivity index (χ1v) is 7.24. The average Bonchev–Trinajstić information content (AvgIpc) is 3.22. The molecular weight excluding hydrogens is 270 g/mol. The molecule has 21 heavy (non-hydrogen) atoms. The number of carbonyl (C=O) groups excluding carboxylic acids is 2. The van der Waals surface area contributed by atoms with Gasteiger partial charge in [0.1, 0.15) is 5.75 Å². The van der Waals surface area contributed by atoms with Gasteiger partial charge in [0.2, 0.25) is 0 Å². The monoisotopic (exact) mass is 291 g/mol. The molecule has 1 aromatic rings. The fourth-order valence-electron chi connectivity index (χ4n) is 1.81. The van der Waals surface area contributed by atoms with Crippen LogP contribution in [0.15, 0.2) is 24.3 Å². The minimum atomic E-state index is -0.753. The van der Waals surface area contributed by atoms with Gasteiger partial charge in [0, 0.05) is 6.04 Å². The third-order valence-corrected chi connectivity index (χ3v) is 3.17. The molecule has 0 aromatic heterocycles. The van der Waals surface area contributed by atoms with Crippen molar-refractivity contribution < 1.29 is 19.1 Å². The molecule has 114 valence electrons. The molecule has 1 atom stereocenters. The number of aryl methyl sites for hydroxylation is 1. The predicted molar refractivity (Wildman–Crippen MR) is 78.0 cm³/mol. The Bertz CT molecular complexity index is 511. The van der Waals surface area contributed by atoms with E-state index in [-0.39, 0.29) is 25.0 Å². The van der Waals surface area contributed by atoms with Crippen molar-refractivity contribution >= 4 is 11.9 Å². The van der Waals surface area contributed by atoms with Crippen molar-refractivity contribution in [1.82, 2.24) is 5.32 Å². The lowest BCUT2D eigenvalue weighted by molar-refractivity contribution is -0.155. The van der Waals surface area contributed by atoms with Gasteiger partial charge in [-0.3, -0.25) is 9.59 Å². The highest BCUT2D eigenvalue weighted by molar-refractivity contribution is 5.83. The second-order valence-electron chi connectivity index (χ2n) is 5.33. The Morgan fingerprint density at radius 2 is 2.14 bits per heavy atom. The molecule has 1 amide bonds. The first-order chi connectivity index (χ1) is 10.0. The highest BCUT2D eigenvalue weighted by Gasteiger charge is 2.27. The second-order valence-corrected chi connectivity index (χ2v) is 5.33. The molecule has 1 aliphatic rings. The minimum absolute atomic E-state index is 0.120. The zero-order valence-corrected chi connectivity index (χ0v) is 12.4. The summed E-state index contributed by atoms with van der Waals surface area (Å²) in [6, 6.07) is 7.87. The standard InChI is InChI=1S/C16H21NO4/c1-11-4-3-5-14(10-11)20-9-8-15(18)21-12(2)16(19)17-13-6-7-13/h3-5,10,12-13H,6-9H2,1-2H3,(H,17,19)/t12-/m0/s1. The van der Waals surface area contributed by atoms with Crippen LogP contribution in [-0.4, -0.2) is 30.6 Å². The van der Waals surface area contributed by atoms with Gasteiger partial charge in [-0.1, -0.05) is 12.1 Å². The summed E-state index contributed by atoms with van der Waals surface area (Å²) >= 11 is 0. The zero-order valence-electron chi connectivity index (χ0n) is 12.4. The van der Waals surface area contributed by atoms with Crippen molar-refractivity contribution in [2.24, 2.45) is 0 Å². The molecule has 0 aliphatic heterocycles. The maximum Gasteiger partial charge on any atom is 0.310 e. The van der Waals surface area contributed by atoms with E-state index in [1.807, 2.05) is 31.2 Å². The third-order valence-electron chi connectivity index (χ3n) is 3.17. The van der Waals surface area contributed by atoms with Gasteiger partial charge < -0.3 is 14.8 Å². The molecular formula is C16H21NO4. The van der Waals surface area contributed by atoms with Crippen molar-refractivity contribution in [2.75, 3.05) is 6.61 Å². The van der Waals surface area contributed by atoms with Gasteiger partial charge >= 0.3 is 5.97 Å². The topological polar surface area (TPSA) is 64.6 Å². The third kappa shape index (κ3) is 5.45. The number of hydrogen-bond donors (Lipinski definition) is 1. The molecule has 5 nitrogen and oxygen atoms in total. The lowest BCUT2D eigenvalue weighted by Gasteiger charge is -2.13. The summed E-state index contributed by atoms with van der Waals surface area (Å²) in [6.45, 7) is 3.79. The highest BCUT2D eigenvalue weighted by Crippen LogP contribution is 2.18. The molecule has 0 radical (unpaired) electrons. The number of benzene rings is 1. The first kappa shape index (κ1) is 15.4. The number of hydrogen-bond acceptors (Lipinski definition) is 4. The van der Waals surface area contributed by atoms with Crippen molar-refractivity contribution in [3.05, 3.63) is 29.8 Å². The summed E-state index contributed by atoms with van der Waals surface area (Å²) < 4.78 is 10.5. The maximum atomic E-state index is 11.6. The lowest BCUT2D eigenvalue weighted by atomic mass is 10.2. The van der Waals surface area contributed by atoms with E-state index in [1.165, 1.54) is 0 Å². The molecule has 5 heteroatoms. The van der Waals surface area contributed by atoms with E-state index >= 15 is 0 Å². The fourth-order valence-corrected chi connectivity index (χ4v) is 1.81. The summed E-state index contributed by atoms with van der Waals surface area (Å²) in [5.74, 6) is 0.0638. The van der Waals surface area contributed by atoms with Crippen molar-refractivity contribution in [2.45, 2.75) is 45.3 Å². The van der Waals surface area contributed by atoms with Crippen LogP contribution < -0.4 is 10.1 Å². The van der Waals surface area contributed by atoms with Crippen LogP contribution in [0.4, 0.5) is 0 Å². The number of nitrogens with one attached hydrogen (secondary N) is 1. The normalized spacial score (nSPS) is 15.1. The molecule has 0 bridgehead atoms. The molecule has 0 spiro atoms. The molecule has 1 N–H and O–H groups in total. The molecule has 1 saturated carbocycles. The quantitative estimate of drug-likeness (QED) is 0.780. The summed E-state index contributed by atoms with van der Waals surface area (Å²) in [5.41, 5.74) is 1.10. The average molecular weight is 291 g/mol. The van der Waals surface area contributed by atoms with E-state index < -0.39 is 12.1 Å². The maximum absolute atomic E-state index is 11.6. The minimum Gasteiger partial charge on any atom is -0.493 e. The molecule has 0 saturated heterocycles. The highest BCUT2D eigenvalue weighted by atomic mass is 16.5.